The van der Waals surface area contributed by atoms with Gasteiger partial charge in [0.15, 0.2) is 0 Å². The van der Waals surface area contributed by atoms with Gasteiger partial charge in [0.05, 0.1) is 10.0 Å². The second-order valence-corrected chi connectivity index (χ2v) is 6.45. The van der Waals surface area contributed by atoms with Gasteiger partial charge in [0.2, 0.25) is 0 Å². The van der Waals surface area contributed by atoms with Gasteiger partial charge in [-0.2, -0.15) is 0 Å². The largest absolute Gasteiger partial charge is 0.369 e. The first kappa shape index (κ1) is 15.7. The molecule has 112 valence electrons. The maximum atomic E-state index is 6.25. The summed E-state index contributed by atoms with van der Waals surface area (Å²) in [4.78, 5) is 4.52. The monoisotopic (exact) mass is 315 g/mol. The van der Waals surface area contributed by atoms with E-state index in [0.717, 1.165) is 18.3 Å². The van der Waals surface area contributed by atoms with Gasteiger partial charge in [0, 0.05) is 12.6 Å². The van der Waals surface area contributed by atoms with Crippen LogP contribution in [-0.2, 0) is 0 Å². The topological polar surface area (TPSA) is 37.0 Å². The molecule has 2 N–H and O–H groups in total. The molecule has 2 rings (SSSR count). The molecule has 2 unspecified atom stereocenters. The van der Waals surface area contributed by atoms with Gasteiger partial charge in [-0.15, -0.1) is 0 Å². The molecule has 0 bridgehead atoms. The van der Waals surface area contributed by atoms with Gasteiger partial charge in [0.25, 0.3) is 0 Å². The fourth-order valence-corrected chi connectivity index (χ4v) is 3.16. The van der Waals surface area contributed by atoms with Crippen LogP contribution in [-0.4, -0.2) is 17.6 Å². The third-order valence-corrected chi connectivity index (χ3v) is 4.45. The van der Waals surface area contributed by atoms with Crippen molar-refractivity contribution in [1.82, 2.24) is 4.98 Å². The first-order valence-electron chi connectivity index (χ1n) is 7.46. The molecular formula is C15H23Cl2N3. The zero-order valence-electron chi connectivity index (χ0n) is 12.2. The van der Waals surface area contributed by atoms with E-state index in [1.54, 1.807) is 6.07 Å². The predicted molar refractivity (Wildman–Crippen MR) is 88.1 cm³/mol. The number of rotatable bonds is 4. The summed E-state index contributed by atoms with van der Waals surface area (Å²) >= 11 is 12.4. The number of pyridine rings is 1. The van der Waals surface area contributed by atoms with Crippen molar-refractivity contribution in [3.8, 4) is 0 Å². The maximum Gasteiger partial charge on any atom is 0.147 e. The molecule has 20 heavy (non-hydrogen) atoms. The van der Waals surface area contributed by atoms with Gasteiger partial charge in [-0.1, -0.05) is 43.0 Å². The molecule has 5 heteroatoms. The summed E-state index contributed by atoms with van der Waals surface area (Å²) in [5, 5.41) is 7.81. The molecule has 0 amide bonds. The van der Waals surface area contributed by atoms with Crippen LogP contribution in [0.4, 0.5) is 11.6 Å². The molecule has 2 atom stereocenters. The quantitative estimate of drug-likeness (QED) is 0.750. The minimum atomic E-state index is 0.459. The molecule has 1 aromatic heterocycles. The van der Waals surface area contributed by atoms with Gasteiger partial charge < -0.3 is 10.6 Å². The van der Waals surface area contributed by atoms with E-state index in [1.807, 2.05) is 6.92 Å². The molecule has 1 aromatic rings. The van der Waals surface area contributed by atoms with Gasteiger partial charge >= 0.3 is 0 Å². The highest BCUT2D eigenvalue weighted by molar-refractivity contribution is 6.37. The van der Waals surface area contributed by atoms with E-state index in [2.05, 4.69) is 22.5 Å². The predicted octanol–water partition coefficient (Wildman–Crippen LogP) is 5.20. The van der Waals surface area contributed by atoms with Crippen molar-refractivity contribution in [2.75, 3.05) is 17.2 Å². The van der Waals surface area contributed by atoms with Gasteiger partial charge in [0.1, 0.15) is 11.6 Å². The van der Waals surface area contributed by atoms with E-state index < -0.39 is 0 Å². The molecule has 3 nitrogen and oxygen atoms in total. The number of anilines is 2. The lowest BCUT2D eigenvalue weighted by molar-refractivity contribution is 0.502. The van der Waals surface area contributed by atoms with E-state index in [-0.39, 0.29) is 0 Å². The first-order valence-corrected chi connectivity index (χ1v) is 8.22. The number of halogens is 2. The van der Waals surface area contributed by atoms with Gasteiger partial charge in [-0.25, -0.2) is 4.98 Å². The van der Waals surface area contributed by atoms with E-state index >= 15 is 0 Å². The average Bonchev–Trinajstić information content (AvgIpc) is 2.60. The SMILES string of the molecule is CCNc1nc(NC2CCCC(C)CC2)c(Cl)cc1Cl. The van der Waals surface area contributed by atoms with Crippen molar-refractivity contribution in [1.29, 1.82) is 0 Å². The number of hydrogen-bond donors (Lipinski definition) is 2. The molecule has 1 aliphatic rings. The fraction of sp³-hybridized carbons (Fsp3) is 0.667. The van der Waals surface area contributed by atoms with Crippen molar-refractivity contribution in [2.24, 2.45) is 5.92 Å². The second-order valence-electron chi connectivity index (χ2n) is 5.63. The summed E-state index contributed by atoms with van der Waals surface area (Å²) < 4.78 is 0. The molecular weight excluding hydrogens is 293 g/mol. The Bertz CT molecular complexity index is 451. The molecule has 1 fully saturated rings. The lowest BCUT2D eigenvalue weighted by Gasteiger charge is -2.19. The second kappa shape index (κ2) is 7.37. The van der Waals surface area contributed by atoms with Crippen molar-refractivity contribution >= 4 is 34.8 Å². The summed E-state index contributed by atoms with van der Waals surface area (Å²) in [6.07, 6.45) is 6.22. The van der Waals surface area contributed by atoms with Crippen LogP contribution in [0.25, 0.3) is 0 Å². The minimum Gasteiger partial charge on any atom is -0.369 e. The van der Waals surface area contributed by atoms with Gasteiger partial charge in [-0.3, -0.25) is 0 Å². The Morgan fingerprint density at radius 2 is 1.90 bits per heavy atom. The summed E-state index contributed by atoms with van der Waals surface area (Å²) in [7, 11) is 0. The molecule has 0 saturated heterocycles. The van der Waals surface area contributed by atoms with Gasteiger partial charge in [-0.05, 0) is 38.2 Å². The Labute approximate surface area is 131 Å². The highest BCUT2D eigenvalue weighted by Crippen LogP contribution is 2.31. The number of aromatic nitrogens is 1. The van der Waals surface area contributed by atoms with Crippen LogP contribution in [0.3, 0.4) is 0 Å². The number of nitrogens with one attached hydrogen (secondary N) is 2. The Hall–Kier alpha value is -0.670. The summed E-state index contributed by atoms with van der Waals surface area (Å²) in [6, 6.07) is 2.22. The standard InChI is InChI=1S/C15H23Cl2N3/c1-3-18-14-12(16)9-13(17)15(20-14)19-11-6-4-5-10(2)7-8-11/h9-11H,3-8H2,1-2H3,(H2,18,19,20). The molecule has 1 saturated carbocycles. The zero-order valence-corrected chi connectivity index (χ0v) is 13.7. The lowest BCUT2D eigenvalue weighted by Crippen LogP contribution is -2.20. The van der Waals surface area contributed by atoms with Crippen molar-refractivity contribution in [3.63, 3.8) is 0 Å². The van der Waals surface area contributed by atoms with E-state index in [4.69, 9.17) is 23.2 Å². The summed E-state index contributed by atoms with van der Waals surface area (Å²) in [5.41, 5.74) is 0. The normalized spacial score (nSPS) is 23.2. The number of nitrogens with zero attached hydrogens (tertiary/aromatic N) is 1. The number of hydrogen-bond acceptors (Lipinski definition) is 3. The van der Waals surface area contributed by atoms with E-state index in [1.165, 1.54) is 32.1 Å². The van der Waals surface area contributed by atoms with Crippen LogP contribution in [0.1, 0.15) is 46.0 Å². The van der Waals surface area contributed by atoms with Crippen LogP contribution in [0.2, 0.25) is 10.0 Å². The smallest absolute Gasteiger partial charge is 0.147 e. The fourth-order valence-electron chi connectivity index (χ4n) is 2.68. The third kappa shape index (κ3) is 4.16. The first-order chi connectivity index (χ1) is 9.60. The highest BCUT2D eigenvalue weighted by atomic mass is 35.5. The third-order valence-electron chi connectivity index (χ3n) is 3.87. The van der Waals surface area contributed by atoms with Crippen molar-refractivity contribution in [3.05, 3.63) is 16.1 Å². The van der Waals surface area contributed by atoms with Crippen LogP contribution in [0.15, 0.2) is 6.07 Å². The zero-order chi connectivity index (χ0) is 14.5. The summed E-state index contributed by atoms with van der Waals surface area (Å²) in [6.45, 7) is 5.14. The Kier molecular flexibility index (Phi) is 5.79. The van der Waals surface area contributed by atoms with Crippen LogP contribution >= 0.6 is 23.2 Å². The van der Waals surface area contributed by atoms with E-state index in [0.29, 0.717) is 21.9 Å². The van der Waals surface area contributed by atoms with E-state index in [9.17, 15) is 0 Å². The Morgan fingerprint density at radius 1 is 1.15 bits per heavy atom. The van der Waals surface area contributed by atoms with Crippen LogP contribution < -0.4 is 10.6 Å². The summed E-state index contributed by atoms with van der Waals surface area (Å²) in [5.74, 6) is 2.27. The van der Waals surface area contributed by atoms with Crippen molar-refractivity contribution in [2.45, 2.75) is 52.0 Å². The lowest BCUT2D eigenvalue weighted by atomic mass is 10.0. The van der Waals surface area contributed by atoms with Crippen molar-refractivity contribution < 1.29 is 0 Å². The molecule has 0 aliphatic heterocycles. The molecule has 0 radical (unpaired) electrons. The Balaban J connectivity index is 2.09. The molecule has 0 spiro atoms. The molecule has 0 aromatic carbocycles. The average molecular weight is 316 g/mol. The minimum absolute atomic E-state index is 0.459. The Morgan fingerprint density at radius 3 is 2.65 bits per heavy atom. The van der Waals surface area contributed by atoms with Crippen LogP contribution in [0.5, 0.6) is 0 Å². The highest BCUT2D eigenvalue weighted by Gasteiger charge is 2.18. The maximum absolute atomic E-state index is 6.25. The molecule has 1 aliphatic carbocycles. The van der Waals surface area contributed by atoms with Crippen LogP contribution in [0, 0.1) is 5.92 Å². The molecule has 1 heterocycles.